The molecule has 3 aromatic rings. The van der Waals surface area contributed by atoms with Crippen LogP contribution in [0.4, 0.5) is 5.69 Å². The molecule has 2 aliphatic heterocycles. The third-order valence-corrected chi connectivity index (χ3v) is 6.77. The molecular formula is C25H29N5O2. The number of fused-ring (bicyclic) bond motifs is 1. The smallest absolute Gasteiger partial charge is 0.228 e. The molecule has 0 saturated carbocycles. The average molecular weight is 432 g/mol. The lowest BCUT2D eigenvalue weighted by Gasteiger charge is -2.32. The van der Waals surface area contributed by atoms with E-state index in [-0.39, 0.29) is 17.7 Å². The number of aromatic nitrogens is 3. The molecule has 2 fully saturated rings. The van der Waals surface area contributed by atoms with E-state index in [4.69, 9.17) is 0 Å². The maximum atomic E-state index is 13.2. The van der Waals surface area contributed by atoms with Gasteiger partial charge >= 0.3 is 0 Å². The number of hydrogen-bond acceptors (Lipinski definition) is 4. The Hall–Kier alpha value is -3.22. The van der Waals surface area contributed by atoms with Crippen LogP contribution in [0, 0.1) is 5.92 Å². The number of anilines is 1. The Bertz CT molecular complexity index is 1110. The van der Waals surface area contributed by atoms with Gasteiger partial charge in [-0.25, -0.2) is 0 Å². The summed E-state index contributed by atoms with van der Waals surface area (Å²) in [6, 6.07) is 14.1. The van der Waals surface area contributed by atoms with Crippen LogP contribution >= 0.6 is 0 Å². The first-order valence-electron chi connectivity index (χ1n) is 11.6. The van der Waals surface area contributed by atoms with Crippen LogP contribution in [0.5, 0.6) is 0 Å². The Balaban J connectivity index is 1.20. The number of piperidine rings is 1. The van der Waals surface area contributed by atoms with E-state index in [0.29, 0.717) is 32.0 Å². The minimum absolute atomic E-state index is 0.0383. The average Bonchev–Trinajstić information content (AvgIpc) is 3.43. The number of carbonyl (C=O) groups excluding carboxylic acids is 2. The normalized spacial score (nSPS) is 19.8. The van der Waals surface area contributed by atoms with E-state index in [1.165, 1.54) is 5.56 Å². The van der Waals surface area contributed by atoms with Crippen LogP contribution in [0.3, 0.4) is 0 Å². The molecule has 1 atom stereocenters. The number of carbonyl (C=O) groups is 2. The summed E-state index contributed by atoms with van der Waals surface area (Å²) in [5, 5.41) is 8.66. The van der Waals surface area contributed by atoms with Crippen molar-refractivity contribution < 1.29 is 9.59 Å². The molecule has 0 N–H and O–H groups in total. The number of rotatable bonds is 5. The fraction of sp³-hybridized carbons (Fsp3) is 0.440. The molecule has 7 heteroatoms. The molecule has 5 rings (SSSR count). The maximum Gasteiger partial charge on any atom is 0.228 e. The highest BCUT2D eigenvalue weighted by molar-refractivity contribution is 6.00. The summed E-state index contributed by atoms with van der Waals surface area (Å²) >= 11 is 0. The predicted octanol–water partition coefficient (Wildman–Crippen LogP) is 3.44. The van der Waals surface area contributed by atoms with Crippen molar-refractivity contribution in [1.82, 2.24) is 19.5 Å². The highest BCUT2D eigenvalue weighted by atomic mass is 16.2. The topological polar surface area (TPSA) is 70.8 Å². The molecule has 0 spiro atoms. The number of benzene rings is 1. The third-order valence-electron chi connectivity index (χ3n) is 6.77. The van der Waals surface area contributed by atoms with E-state index in [1.54, 1.807) is 4.90 Å². The summed E-state index contributed by atoms with van der Waals surface area (Å²) in [4.78, 5) is 29.5. The largest absolute Gasteiger partial charge is 0.342 e. The molecule has 0 radical (unpaired) electrons. The third kappa shape index (κ3) is 3.87. The van der Waals surface area contributed by atoms with Crippen molar-refractivity contribution in [1.29, 1.82) is 0 Å². The van der Waals surface area contributed by atoms with Gasteiger partial charge in [-0.15, -0.1) is 10.2 Å². The second-order valence-corrected chi connectivity index (χ2v) is 8.91. The quantitative estimate of drug-likeness (QED) is 0.621. The molecule has 1 aromatic carbocycles. The lowest BCUT2D eigenvalue weighted by Crippen LogP contribution is -2.42. The molecule has 166 valence electrons. The molecule has 7 nitrogen and oxygen atoms in total. The van der Waals surface area contributed by atoms with Gasteiger partial charge in [0.05, 0.1) is 5.92 Å². The Labute approximate surface area is 188 Å². The number of likely N-dealkylation sites (tertiary alicyclic amines) is 1. The Kier molecular flexibility index (Phi) is 5.64. The monoisotopic (exact) mass is 431 g/mol. The van der Waals surface area contributed by atoms with Crippen molar-refractivity contribution in [3.8, 4) is 0 Å². The molecule has 32 heavy (non-hydrogen) atoms. The Morgan fingerprint density at radius 3 is 2.59 bits per heavy atom. The number of nitrogens with zero attached hydrogens (tertiary/aromatic N) is 5. The number of aryl methyl sites for hydroxylation is 1. The lowest BCUT2D eigenvalue weighted by atomic mass is 9.94. The summed E-state index contributed by atoms with van der Waals surface area (Å²) in [6.07, 6.45) is 6.16. The lowest BCUT2D eigenvalue weighted by molar-refractivity contribution is -0.136. The van der Waals surface area contributed by atoms with Crippen LogP contribution in [0.15, 0.2) is 48.7 Å². The fourth-order valence-electron chi connectivity index (χ4n) is 5.01. The molecule has 2 aromatic heterocycles. The second-order valence-electron chi connectivity index (χ2n) is 8.91. The van der Waals surface area contributed by atoms with Gasteiger partial charge in [0.2, 0.25) is 11.8 Å². The van der Waals surface area contributed by atoms with E-state index in [2.05, 4.69) is 29.3 Å². The minimum atomic E-state index is -0.261. The van der Waals surface area contributed by atoms with Crippen LogP contribution in [0.2, 0.25) is 0 Å². The van der Waals surface area contributed by atoms with E-state index in [9.17, 15) is 9.59 Å². The molecule has 2 saturated heterocycles. The zero-order valence-electron chi connectivity index (χ0n) is 18.5. The maximum absolute atomic E-state index is 13.2. The first-order valence-corrected chi connectivity index (χ1v) is 11.6. The molecule has 2 amide bonds. The zero-order valence-corrected chi connectivity index (χ0v) is 18.5. The van der Waals surface area contributed by atoms with Crippen molar-refractivity contribution in [2.45, 2.75) is 44.9 Å². The second kappa shape index (κ2) is 8.73. The van der Waals surface area contributed by atoms with Gasteiger partial charge in [-0.05, 0) is 49.1 Å². The number of pyridine rings is 1. The first-order chi connectivity index (χ1) is 15.6. The van der Waals surface area contributed by atoms with Crippen LogP contribution in [-0.2, 0) is 16.0 Å². The van der Waals surface area contributed by atoms with Crippen molar-refractivity contribution in [3.63, 3.8) is 0 Å². The van der Waals surface area contributed by atoms with Crippen LogP contribution in [0.1, 0.15) is 49.9 Å². The molecule has 2 aliphatic rings. The van der Waals surface area contributed by atoms with Crippen LogP contribution in [0.25, 0.3) is 5.65 Å². The highest BCUT2D eigenvalue weighted by Gasteiger charge is 2.38. The van der Waals surface area contributed by atoms with Gasteiger partial charge in [-0.1, -0.05) is 31.5 Å². The molecular weight excluding hydrogens is 402 g/mol. The van der Waals surface area contributed by atoms with Gasteiger partial charge in [0, 0.05) is 43.9 Å². The van der Waals surface area contributed by atoms with Gasteiger partial charge in [-0.3, -0.25) is 14.0 Å². The molecule has 4 heterocycles. The number of hydrogen-bond donors (Lipinski definition) is 0. The van der Waals surface area contributed by atoms with Crippen LogP contribution < -0.4 is 4.90 Å². The summed E-state index contributed by atoms with van der Waals surface area (Å²) in [5.74, 6) is 1.15. The van der Waals surface area contributed by atoms with Gasteiger partial charge in [0.15, 0.2) is 5.65 Å². The zero-order chi connectivity index (χ0) is 22.1. The summed E-state index contributed by atoms with van der Waals surface area (Å²) in [7, 11) is 0. The van der Waals surface area contributed by atoms with Gasteiger partial charge in [0.1, 0.15) is 5.82 Å². The van der Waals surface area contributed by atoms with E-state index < -0.39 is 0 Å². The van der Waals surface area contributed by atoms with Crippen molar-refractivity contribution in [2.75, 3.05) is 24.5 Å². The minimum Gasteiger partial charge on any atom is -0.342 e. The first kappa shape index (κ1) is 20.7. The van der Waals surface area contributed by atoms with Gasteiger partial charge in [-0.2, -0.15) is 0 Å². The van der Waals surface area contributed by atoms with E-state index in [1.807, 2.05) is 45.8 Å². The van der Waals surface area contributed by atoms with Gasteiger partial charge < -0.3 is 9.80 Å². The SMILES string of the molecule is CCCc1ccc(N2C[C@H](C(=O)N3CCC(c4nnc5ccccn45)CC3)CC2=O)cc1. The van der Waals surface area contributed by atoms with Gasteiger partial charge in [0.25, 0.3) is 0 Å². The summed E-state index contributed by atoms with van der Waals surface area (Å²) in [5.41, 5.74) is 3.02. The van der Waals surface area contributed by atoms with Crippen molar-refractivity contribution in [2.24, 2.45) is 5.92 Å². The van der Waals surface area contributed by atoms with Crippen LogP contribution in [-0.4, -0.2) is 50.9 Å². The standard InChI is InChI=1S/C25H29N5O2/c1-2-5-18-7-9-21(10-8-18)30-17-20(16-23(30)31)25(32)28-14-11-19(12-15-28)24-27-26-22-6-3-4-13-29(22)24/h3-4,6-10,13,19-20H,2,5,11-12,14-17H2,1H3/t20-/m1/s1. The molecule has 0 unspecified atom stereocenters. The van der Waals surface area contributed by atoms with Crippen molar-refractivity contribution >= 4 is 23.1 Å². The summed E-state index contributed by atoms with van der Waals surface area (Å²) < 4.78 is 2.04. The fourth-order valence-corrected chi connectivity index (χ4v) is 5.01. The van der Waals surface area contributed by atoms with E-state index in [0.717, 1.165) is 42.8 Å². The molecule has 0 aliphatic carbocycles. The highest BCUT2D eigenvalue weighted by Crippen LogP contribution is 2.31. The Morgan fingerprint density at radius 1 is 1.06 bits per heavy atom. The predicted molar refractivity (Wildman–Crippen MR) is 122 cm³/mol. The Morgan fingerprint density at radius 2 is 1.84 bits per heavy atom. The molecule has 0 bridgehead atoms. The summed E-state index contributed by atoms with van der Waals surface area (Å²) in [6.45, 7) is 4.02. The van der Waals surface area contributed by atoms with E-state index >= 15 is 0 Å². The number of amides is 2. The van der Waals surface area contributed by atoms with Crippen molar-refractivity contribution in [3.05, 3.63) is 60.0 Å².